The summed E-state index contributed by atoms with van der Waals surface area (Å²) in [6.45, 7) is 1.90. The van der Waals surface area contributed by atoms with Gasteiger partial charge in [0.2, 0.25) is 6.79 Å². The number of benzene rings is 2. The van der Waals surface area contributed by atoms with Gasteiger partial charge in [0, 0.05) is 11.1 Å². The Hall–Kier alpha value is -3.06. The molecule has 0 aliphatic carbocycles. The maximum Gasteiger partial charge on any atom is 0.383 e. The van der Waals surface area contributed by atoms with Gasteiger partial charge in [-0.2, -0.15) is 0 Å². The molecule has 0 N–H and O–H groups in total. The normalized spacial score (nSPS) is 12.2. The SMILES string of the molecule is Cc1nc(C(=O)Oc2ccc3c(c2)OCO3)nn1-c1ccc(Cl)cc1. The number of carbonyl (C=O) groups is 1. The Morgan fingerprint density at radius 3 is 2.72 bits per heavy atom. The summed E-state index contributed by atoms with van der Waals surface area (Å²) in [5.41, 5.74) is 0.747. The summed E-state index contributed by atoms with van der Waals surface area (Å²) < 4.78 is 17.3. The molecule has 0 unspecified atom stereocenters. The minimum Gasteiger partial charge on any atom is -0.454 e. The first-order valence-electron chi connectivity index (χ1n) is 7.41. The van der Waals surface area contributed by atoms with Gasteiger partial charge in [-0.15, -0.1) is 5.10 Å². The highest BCUT2D eigenvalue weighted by Crippen LogP contribution is 2.35. The summed E-state index contributed by atoms with van der Waals surface area (Å²) in [7, 11) is 0. The zero-order chi connectivity index (χ0) is 17.4. The maximum atomic E-state index is 12.3. The van der Waals surface area contributed by atoms with Crippen molar-refractivity contribution in [3.05, 3.63) is 59.1 Å². The van der Waals surface area contributed by atoms with Crippen LogP contribution in [0.1, 0.15) is 16.4 Å². The Morgan fingerprint density at radius 1 is 1.16 bits per heavy atom. The van der Waals surface area contributed by atoms with E-state index in [4.69, 9.17) is 25.8 Å². The molecule has 0 radical (unpaired) electrons. The van der Waals surface area contributed by atoms with Crippen molar-refractivity contribution < 1.29 is 19.0 Å². The largest absolute Gasteiger partial charge is 0.454 e. The lowest BCUT2D eigenvalue weighted by Crippen LogP contribution is -2.11. The Bertz CT molecular complexity index is 953. The molecule has 0 bridgehead atoms. The zero-order valence-electron chi connectivity index (χ0n) is 13.1. The first-order valence-corrected chi connectivity index (χ1v) is 7.79. The van der Waals surface area contributed by atoms with Gasteiger partial charge in [0.1, 0.15) is 11.6 Å². The highest BCUT2D eigenvalue weighted by atomic mass is 35.5. The molecule has 4 rings (SSSR count). The number of halogens is 1. The third-order valence-corrected chi connectivity index (χ3v) is 3.83. The van der Waals surface area contributed by atoms with Gasteiger partial charge in [0.15, 0.2) is 11.5 Å². The molecular formula is C17H12ClN3O4. The molecule has 1 aliphatic rings. The van der Waals surface area contributed by atoms with Gasteiger partial charge in [-0.3, -0.25) is 0 Å². The second-order valence-corrected chi connectivity index (χ2v) is 5.71. The third kappa shape index (κ3) is 3.01. The number of carbonyl (C=O) groups excluding carboxylic acids is 1. The topological polar surface area (TPSA) is 75.5 Å². The highest BCUT2D eigenvalue weighted by molar-refractivity contribution is 6.30. The molecule has 0 amide bonds. The monoisotopic (exact) mass is 357 g/mol. The second-order valence-electron chi connectivity index (χ2n) is 5.28. The van der Waals surface area contributed by atoms with Crippen molar-refractivity contribution >= 4 is 17.6 Å². The van der Waals surface area contributed by atoms with Gasteiger partial charge < -0.3 is 14.2 Å². The van der Waals surface area contributed by atoms with Crippen LogP contribution in [0.25, 0.3) is 5.69 Å². The van der Waals surface area contributed by atoms with Crippen LogP contribution >= 0.6 is 11.6 Å². The van der Waals surface area contributed by atoms with Gasteiger partial charge in [-0.25, -0.2) is 14.5 Å². The number of rotatable bonds is 3. The number of nitrogens with zero attached hydrogens (tertiary/aromatic N) is 3. The van der Waals surface area contributed by atoms with E-state index in [1.165, 1.54) is 0 Å². The van der Waals surface area contributed by atoms with Gasteiger partial charge in [0.05, 0.1) is 5.69 Å². The quantitative estimate of drug-likeness (QED) is 0.529. The fourth-order valence-electron chi connectivity index (χ4n) is 2.40. The van der Waals surface area contributed by atoms with Crippen LogP contribution in [0.5, 0.6) is 17.2 Å². The molecule has 3 aromatic rings. The predicted molar refractivity (Wildman–Crippen MR) is 88.6 cm³/mol. The smallest absolute Gasteiger partial charge is 0.383 e. The van der Waals surface area contributed by atoms with Crippen LogP contribution in [0.4, 0.5) is 0 Å². The molecule has 1 aliphatic heterocycles. The third-order valence-electron chi connectivity index (χ3n) is 3.58. The van der Waals surface area contributed by atoms with E-state index in [1.807, 2.05) is 0 Å². The first kappa shape index (κ1) is 15.5. The van der Waals surface area contributed by atoms with Crippen LogP contribution in [0.3, 0.4) is 0 Å². The van der Waals surface area contributed by atoms with Crippen LogP contribution in [-0.2, 0) is 0 Å². The van der Waals surface area contributed by atoms with Crippen molar-refractivity contribution in [3.63, 3.8) is 0 Å². The minimum atomic E-state index is -0.658. The molecule has 0 saturated heterocycles. The molecule has 0 spiro atoms. The summed E-state index contributed by atoms with van der Waals surface area (Å²) in [5.74, 6) is 1.33. The van der Waals surface area contributed by atoms with E-state index in [0.29, 0.717) is 28.1 Å². The minimum absolute atomic E-state index is 0.0369. The number of hydrogen-bond donors (Lipinski definition) is 0. The Labute approximate surface area is 147 Å². The standard InChI is InChI=1S/C17H12ClN3O4/c1-10-19-16(20-21(10)12-4-2-11(18)3-5-12)17(22)25-13-6-7-14-15(8-13)24-9-23-14/h2-8H,9H2,1H3. The molecule has 7 nitrogen and oxygen atoms in total. The molecule has 2 aromatic carbocycles. The summed E-state index contributed by atoms with van der Waals surface area (Å²) in [5, 5.41) is 4.83. The number of aryl methyl sites for hydroxylation is 1. The highest BCUT2D eigenvalue weighted by Gasteiger charge is 2.20. The number of hydrogen-bond acceptors (Lipinski definition) is 6. The van der Waals surface area contributed by atoms with Crippen molar-refractivity contribution in [2.45, 2.75) is 6.92 Å². The second kappa shape index (κ2) is 6.10. The lowest BCUT2D eigenvalue weighted by atomic mass is 10.3. The Kier molecular flexibility index (Phi) is 3.77. The van der Waals surface area contributed by atoms with Gasteiger partial charge in [-0.05, 0) is 43.3 Å². The van der Waals surface area contributed by atoms with Crippen molar-refractivity contribution in [1.29, 1.82) is 0 Å². The fourth-order valence-corrected chi connectivity index (χ4v) is 2.52. The molecule has 0 atom stereocenters. The van der Waals surface area contributed by atoms with Crippen molar-refractivity contribution in [1.82, 2.24) is 14.8 Å². The number of aromatic nitrogens is 3. The molecule has 0 saturated carbocycles. The van der Waals surface area contributed by atoms with Crippen molar-refractivity contribution in [3.8, 4) is 22.9 Å². The average molecular weight is 358 g/mol. The molecule has 8 heteroatoms. The van der Waals surface area contributed by atoms with Gasteiger partial charge >= 0.3 is 5.97 Å². The molecule has 1 aromatic heterocycles. The number of esters is 1. The van der Waals surface area contributed by atoms with E-state index in [0.717, 1.165) is 5.69 Å². The fraction of sp³-hybridized carbons (Fsp3) is 0.118. The number of fused-ring (bicyclic) bond motifs is 1. The van der Waals surface area contributed by atoms with Crippen molar-refractivity contribution in [2.75, 3.05) is 6.79 Å². The molecule has 0 fully saturated rings. The summed E-state index contributed by atoms with van der Waals surface area (Å²) >= 11 is 5.89. The van der Waals surface area contributed by atoms with Gasteiger partial charge in [0.25, 0.3) is 5.82 Å². The van der Waals surface area contributed by atoms with E-state index in [1.54, 1.807) is 54.1 Å². The Morgan fingerprint density at radius 2 is 1.92 bits per heavy atom. The number of ether oxygens (including phenoxy) is 3. The van der Waals surface area contributed by atoms with Crippen molar-refractivity contribution in [2.24, 2.45) is 0 Å². The van der Waals surface area contributed by atoms with Crippen LogP contribution in [0, 0.1) is 6.92 Å². The average Bonchev–Trinajstić information content (AvgIpc) is 3.22. The van der Waals surface area contributed by atoms with Crippen LogP contribution in [0.2, 0.25) is 5.02 Å². The molecule has 25 heavy (non-hydrogen) atoms. The lowest BCUT2D eigenvalue weighted by molar-refractivity contribution is 0.0721. The predicted octanol–water partition coefficient (Wildman–Crippen LogP) is 3.18. The van der Waals surface area contributed by atoms with E-state index in [2.05, 4.69) is 10.1 Å². The first-order chi connectivity index (χ1) is 12.1. The van der Waals surface area contributed by atoms with E-state index >= 15 is 0 Å². The lowest BCUT2D eigenvalue weighted by Gasteiger charge is -2.03. The van der Waals surface area contributed by atoms with Crippen LogP contribution < -0.4 is 14.2 Å². The summed E-state index contributed by atoms with van der Waals surface area (Å²) in [4.78, 5) is 16.5. The van der Waals surface area contributed by atoms with E-state index < -0.39 is 5.97 Å². The maximum absolute atomic E-state index is 12.3. The van der Waals surface area contributed by atoms with Crippen LogP contribution in [0.15, 0.2) is 42.5 Å². The summed E-state index contributed by atoms with van der Waals surface area (Å²) in [6.07, 6.45) is 0. The zero-order valence-corrected chi connectivity index (χ0v) is 13.9. The van der Waals surface area contributed by atoms with E-state index in [-0.39, 0.29) is 12.6 Å². The van der Waals surface area contributed by atoms with Crippen LogP contribution in [-0.4, -0.2) is 27.5 Å². The Balaban J connectivity index is 1.56. The molecule has 2 heterocycles. The summed E-state index contributed by atoms with van der Waals surface area (Å²) in [6, 6.07) is 11.9. The molecular weight excluding hydrogens is 346 g/mol. The molecule has 126 valence electrons. The van der Waals surface area contributed by atoms with E-state index in [9.17, 15) is 4.79 Å². The van der Waals surface area contributed by atoms with Gasteiger partial charge in [-0.1, -0.05) is 11.6 Å².